The molecule has 2 saturated heterocycles. The molecule has 23 heavy (non-hydrogen) atoms. The molecule has 1 saturated carbocycles. The van der Waals surface area contributed by atoms with Gasteiger partial charge < -0.3 is 10.1 Å². The highest BCUT2D eigenvalue weighted by Gasteiger charge is 2.42. The van der Waals surface area contributed by atoms with Crippen LogP contribution >= 0.6 is 0 Å². The summed E-state index contributed by atoms with van der Waals surface area (Å²) in [4.78, 5) is 14.8. The number of benzene rings is 1. The molecule has 0 aromatic heterocycles. The number of hydrogen-bond acceptors (Lipinski definition) is 3. The molecule has 3 aliphatic rings. The van der Waals surface area contributed by atoms with E-state index in [4.69, 9.17) is 4.74 Å². The van der Waals surface area contributed by atoms with Gasteiger partial charge >= 0.3 is 0 Å². The van der Waals surface area contributed by atoms with Crippen LogP contribution in [-0.4, -0.2) is 48.7 Å². The summed E-state index contributed by atoms with van der Waals surface area (Å²) in [5.74, 6) is 0.368. The van der Waals surface area contributed by atoms with Crippen LogP contribution in [0.4, 0.5) is 4.39 Å². The van der Waals surface area contributed by atoms with Gasteiger partial charge in [-0.05, 0) is 55.9 Å². The Morgan fingerprint density at radius 3 is 2.91 bits per heavy atom. The molecule has 4 nitrogen and oxygen atoms in total. The number of fused-ring (bicyclic) bond motifs is 1. The standard InChI is InChI=1S/C18H23FN2O2/c1-11-6-13(4-5-16(11)19)18(22)20-14-7-15-10-23-17(12-2-3-12)9-21(15)8-14/h4-6,12,14-15,17H,2-3,7-10H2,1H3,(H,20,22)/t14-,15+,17-/m1/s1. The summed E-state index contributed by atoms with van der Waals surface area (Å²) in [6.45, 7) is 4.35. The van der Waals surface area contributed by atoms with Crippen LogP contribution in [0, 0.1) is 18.7 Å². The Labute approximate surface area is 136 Å². The highest BCUT2D eigenvalue weighted by atomic mass is 19.1. The smallest absolute Gasteiger partial charge is 0.251 e. The van der Waals surface area contributed by atoms with E-state index in [1.54, 1.807) is 19.1 Å². The minimum Gasteiger partial charge on any atom is -0.375 e. The first-order valence-electron chi connectivity index (χ1n) is 8.53. The van der Waals surface area contributed by atoms with Crippen LogP contribution in [0.1, 0.15) is 35.2 Å². The van der Waals surface area contributed by atoms with Gasteiger partial charge in [0.05, 0.1) is 12.7 Å². The van der Waals surface area contributed by atoms with Crippen molar-refractivity contribution in [3.8, 4) is 0 Å². The SMILES string of the molecule is Cc1cc(C(=O)N[C@@H]2C[C@H]3CO[C@@H](C4CC4)CN3C2)ccc1F. The Morgan fingerprint density at radius 1 is 1.35 bits per heavy atom. The number of ether oxygens (including phenoxy) is 1. The van der Waals surface area contributed by atoms with Gasteiger partial charge in [0.2, 0.25) is 0 Å². The van der Waals surface area contributed by atoms with Crippen LogP contribution in [0.15, 0.2) is 18.2 Å². The third-order valence-electron chi connectivity index (χ3n) is 5.35. The van der Waals surface area contributed by atoms with E-state index < -0.39 is 0 Å². The van der Waals surface area contributed by atoms with E-state index in [-0.39, 0.29) is 17.8 Å². The number of halogens is 1. The van der Waals surface area contributed by atoms with Crippen LogP contribution in [0.25, 0.3) is 0 Å². The van der Waals surface area contributed by atoms with Gasteiger partial charge in [-0.1, -0.05) is 0 Å². The average molecular weight is 318 g/mol. The van der Waals surface area contributed by atoms with E-state index in [2.05, 4.69) is 10.2 Å². The second-order valence-electron chi connectivity index (χ2n) is 7.19. The van der Waals surface area contributed by atoms with Gasteiger partial charge in [0.1, 0.15) is 5.82 Å². The molecular formula is C18H23FN2O2. The fourth-order valence-electron chi connectivity index (χ4n) is 3.81. The molecule has 2 aliphatic heterocycles. The zero-order valence-corrected chi connectivity index (χ0v) is 13.4. The van der Waals surface area contributed by atoms with Crippen molar-refractivity contribution in [1.29, 1.82) is 0 Å². The molecule has 1 amide bonds. The number of aryl methyl sites for hydroxylation is 1. The molecule has 1 aromatic carbocycles. The molecule has 3 fully saturated rings. The van der Waals surface area contributed by atoms with Crippen LogP contribution in [0.3, 0.4) is 0 Å². The van der Waals surface area contributed by atoms with Gasteiger partial charge in [-0.15, -0.1) is 0 Å². The van der Waals surface area contributed by atoms with Crippen LogP contribution in [0.2, 0.25) is 0 Å². The summed E-state index contributed by atoms with van der Waals surface area (Å²) in [5, 5.41) is 3.10. The van der Waals surface area contributed by atoms with Gasteiger partial charge in [0.15, 0.2) is 0 Å². The van der Waals surface area contributed by atoms with E-state index in [9.17, 15) is 9.18 Å². The molecule has 1 aliphatic carbocycles. The zero-order valence-electron chi connectivity index (χ0n) is 13.4. The molecule has 1 N–H and O–H groups in total. The lowest BCUT2D eigenvalue weighted by Gasteiger charge is -2.35. The molecule has 1 aromatic rings. The first kappa shape index (κ1) is 15.1. The first-order valence-corrected chi connectivity index (χ1v) is 8.53. The second kappa shape index (κ2) is 5.87. The number of nitrogens with one attached hydrogen (secondary N) is 1. The Morgan fingerprint density at radius 2 is 2.17 bits per heavy atom. The van der Waals surface area contributed by atoms with Crippen molar-refractivity contribution in [3.63, 3.8) is 0 Å². The van der Waals surface area contributed by atoms with E-state index in [1.165, 1.54) is 18.9 Å². The van der Waals surface area contributed by atoms with Gasteiger partial charge in [-0.3, -0.25) is 9.69 Å². The maximum atomic E-state index is 13.3. The summed E-state index contributed by atoms with van der Waals surface area (Å²) in [5.41, 5.74) is 1.03. The predicted octanol–water partition coefficient (Wildman–Crippen LogP) is 2.12. The zero-order chi connectivity index (χ0) is 16.0. The summed E-state index contributed by atoms with van der Waals surface area (Å²) in [7, 11) is 0. The van der Waals surface area contributed by atoms with Gasteiger partial charge in [-0.2, -0.15) is 0 Å². The Hall–Kier alpha value is -1.46. The number of carbonyl (C=O) groups is 1. The molecule has 5 heteroatoms. The normalized spacial score (nSPS) is 31.0. The van der Waals surface area contributed by atoms with Gasteiger partial charge in [0.25, 0.3) is 5.91 Å². The third-order valence-corrected chi connectivity index (χ3v) is 5.35. The minimum absolute atomic E-state index is 0.113. The molecule has 0 bridgehead atoms. The van der Waals surface area contributed by atoms with E-state index in [0.29, 0.717) is 23.3 Å². The van der Waals surface area contributed by atoms with Crippen LogP contribution in [0.5, 0.6) is 0 Å². The maximum absolute atomic E-state index is 13.3. The molecule has 124 valence electrons. The Balaban J connectivity index is 1.36. The number of carbonyl (C=O) groups excluding carboxylic acids is 1. The van der Waals surface area contributed by atoms with Crippen molar-refractivity contribution >= 4 is 5.91 Å². The van der Waals surface area contributed by atoms with E-state index in [0.717, 1.165) is 32.0 Å². The summed E-state index contributed by atoms with van der Waals surface area (Å²) in [6, 6.07) is 5.09. The summed E-state index contributed by atoms with van der Waals surface area (Å²) in [6.07, 6.45) is 3.92. The molecule has 0 radical (unpaired) electrons. The summed E-state index contributed by atoms with van der Waals surface area (Å²) >= 11 is 0. The highest BCUT2D eigenvalue weighted by molar-refractivity contribution is 5.94. The van der Waals surface area contributed by atoms with E-state index in [1.807, 2.05) is 0 Å². The Kier molecular flexibility index (Phi) is 3.85. The number of morpholine rings is 1. The van der Waals surface area contributed by atoms with Crippen molar-refractivity contribution < 1.29 is 13.9 Å². The minimum atomic E-state index is -0.275. The maximum Gasteiger partial charge on any atom is 0.251 e. The lowest BCUT2D eigenvalue weighted by molar-refractivity contribution is -0.0581. The lowest BCUT2D eigenvalue weighted by atomic mass is 10.1. The van der Waals surface area contributed by atoms with E-state index >= 15 is 0 Å². The monoisotopic (exact) mass is 318 g/mol. The molecular weight excluding hydrogens is 295 g/mol. The summed E-state index contributed by atoms with van der Waals surface area (Å²) < 4.78 is 19.3. The highest BCUT2D eigenvalue weighted by Crippen LogP contribution is 2.37. The van der Waals surface area contributed by atoms with Crippen molar-refractivity contribution in [2.75, 3.05) is 19.7 Å². The average Bonchev–Trinajstić information content (AvgIpc) is 3.30. The lowest BCUT2D eigenvalue weighted by Crippen LogP contribution is -2.47. The molecule has 2 heterocycles. The molecule has 3 atom stereocenters. The number of amides is 1. The first-order chi connectivity index (χ1) is 11.1. The van der Waals surface area contributed by atoms with Crippen molar-refractivity contribution in [2.24, 2.45) is 5.92 Å². The third kappa shape index (κ3) is 3.12. The van der Waals surface area contributed by atoms with Crippen molar-refractivity contribution in [3.05, 3.63) is 35.1 Å². The number of rotatable bonds is 3. The van der Waals surface area contributed by atoms with Crippen molar-refractivity contribution in [1.82, 2.24) is 10.2 Å². The van der Waals surface area contributed by atoms with Crippen molar-refractivity contribution in [2.45, 2.75) is 44.4 Å². The van der Waals surface area contributed by atoms with Gasteiger partial charge in [0, 0.05) is 30.7 Å². The second-order valence-corrected chi connectivity index (χ2v) is 7.19. The fourth-order valence-corrected chi connectivity index (χ4v) is 3.81. The van der Waals surface area contributed by atoms with Crippen LogP contribution < -0.4 is 5.32 Å². The Bertz CT molecular complexity index is 617. The molecule has 4 rings (SSSR count). The topological polar surface area (TPSA) is 41.6 Å². The van der Waals surface area contributed by atoms with Crippen LogP contribution in [-0.2, 0) is 4.74 Å². The number of hydrogen-bond donors (Lipinski definition) is 1. The molecule has 0 spiro atoms. The number of nitrogens with zero attached hydrogens (tertiary/aromatic N) is 1. The predicted molar refractivity (Wildman–Crippen MR) is 84.8 cm³/mol. The fraction of sp³-hybridized carbons (Fsp3) is 0.611. The largest absolute Gasteiger partial charge is 0.375 e. The molecule has 0 unspecified atom stereocenters. The van der Waals surface area contributed by atoms with Gasteiger partial charge in [-0.25, -0.2) is 4.39 Å². The quantitative estimate of drug-likeness (QED) is 0.928.